The molecule has 0 aliphatic carbocycles. The number of thioether (sulfide) groups is 1. The van der Waals surface area contributed by atoms with Crippen molar-refractivity contribution in [1.29, 1.82) is 0 Å². The SMILES string of the molecule is C=CCSc1ncccc1C(=O)N1CCOC(COc2cncc(Cl)c2)C1. The van der Waals surface area contributed by atoms with Crippen LogP contribution in [0, 0.1) is 0 Å². The van der Waals surface area contributed by atoms with Gasteiger partial charge in [-0.15, -0.1) is 18.3 Å². The molecular formula is C19H20ClN3O3S. The molecule has 142 valence electrons. The van der Waals surface area contributed by atoms with Gasteiger partial charge in [-0.1, -0.05) is 17.7 Å². The van der Waals surface area contributed by atoms with Crippen LogP contribution < -0.4 is 4.74 Å². The second-order valence-electron chi connectivity index (χ2n) is 5.85. The second-order valence-corrected chi connectivity index (χ2v) is 7.29. The van der Waals surface area contributed by atoms with Crippen LogP contribution >= 0.6 is 23.4 Å². The predicted octanol–water partition coefficient (Wildman–Crippen LogP) is 3.33. The fourth-order valence-corrected chi connectivity index (χ4v) is 3.53. The van der Waals surface area contributed by atoms with Crippen LogP contribution in [-0.4, -0.2) is 58.9 Å². The van der Waals surface area contributed by atoms with Gasteiger partial charge in [0.2, 0.25) is 0 Å². The fraction of sp³-hybridized carbons (Fsp3) is 0.316. The summed E-state index contributed by atoms with van der Waals surface area (Å²) in [5.74, 6) is 1.22. The molecule has 0 spiro atoms. The number of carbonyl (C=O) groups is 1. The van der Waals surface area contributed by atoms with Crippen molar-refractivity contribution in [2.45, 2.75) is 11.1 Å². The first-order valence-corrected chi connectivity index (χ1v) is 9.86. The Labute approximate surface area is 167 Å². The van der Waals surface area contributed by atoms with Crippen molar-refractivity contribution < 1.29 is 14.3 Å². The predicted molar refractivity (Wildman–Crippen MR) is 106 cm³/mol. The van der Waals surface area contributed by atoms with E-state index in [0.717, 1.165) is 0 Å². The highest BCUT2D eigenvalue weighted by molar-refractivity contribution is 7.99. The molecule has 3 heterocycles. The Morgan fingerprint density at radius 2 is 2.41 bits per heavy atom. The normalized spacial score (nSPS) is 16.8. The van der Waals surface area contributed by atoms with Crippen LogP contribution in [0.5, 0.6) is 5.75 Å². The number of amides is 1. The monoisotopic (exact) mass is 405 g/mol. The highest BCUT2D eigenvalue weighted by atomic mass is 35.5. The number of hydrogen-bond donors (Lipinski definition) is 0. The second kappa shape index (κ2) is 9.73. The molecule has 3 rings (SSSR count). The minimum Gasteiger partial charge on any atom is -0.489 e. The van der Waals surface area contributed by atoms with Crippen LogP contribution in [0.2, 0.25) is 5.02 Å². The molecule has 0 radical (unpaired) electrons. The van der Waals surface area contributed by atoms with Crippen LogP contribution in [0.15, 0.2) is 54.5 Å². The fourth-order valence-electron chi connectivity index (χ4n) is 2.64. The van der Waals surface area contributed by atoms with Gasteiger partial charge < -0.3 is 14.4 Å². The largest absolute Gasteiger partial charge is 0.489 e. The molecule has 2 aromatic heterocycles. The van der Waals surface area contributed by atoms with Crippen LogP contribution in [0.4, 0.5) is 0 Å². The van der Waals surface area contributed by atoms with Gasteiger partial charge in [-0.3, -0.25) is 9.78 Å². The quantitative estimate of drug-likeness (QED) is 0.520. The van der Waals surface area contributed by atoms with E-state index in [9.17, 15) is 4.79 Å². The van der Waals surface area contributed by atoms with E-state index < -0.39 is 0 Å². The molecule has 1 aliphatic rings. The Hall–Kier alpha value is -2.09. The lowest BCUT2D eigenvalue weighted by Crippen LogP contribution is -2.47. The van der Waals surface area contributed by atoms with E-state index in [1.165, 1.54) is 11.8 Å². The maximum absolute atomic E-state index is 13.0. The van der Waals surface area contributed by atoms with Crippen LogP contribution in [0.25, 0.3) is 0 Å². The van der Waals surface area contributed by atoms with Gasteiger partial charge in [-0.2, -0.15) is 0 Å². The summed E-state index contributed by atoms with van der Waals surface area (Å²) in [6.45, 7) is 5.48. The number of rotatable bonds is 7. The summed E-state index contributed by atoms with van der Waals surface area (Å²) in [5.41, 5.74) is 0.602. The molecule has 1 atom stereocenters. The van der Waals surface area contributed by atoms with Crippen molar-refractivity contribution in [3.63, 3.8) is 0 Å². The van der Waals surface area contributed by atoms with E-state index in [1.807, 2.05) is 0 Å². The van der Waals surface area contributed by atoms with Crippen molar-refractivity contribution in [2.75, 3.05) is 32.1 Å². The summed E-state index contributed by atoms with van der Waals surface area (Å²) in [7, 11) is 0. The summed E-state index contributed by atoms with van der Waals surface area (Å²) in [6.07, 6.45) is 6.40. The number of aromatic nitrogens is 2. The highest BCUT2D eigenvalue weighted by Crippen LogP contribution is 2.22. The van der Waals surface area contributed by atoms with Gasteiger partial charge in [-0.25, -0.2) is 4.98 Å². The van der Waals surface area contributed by atoms with E-state index in [0.29, 0.717) is 53.4 Å². The summed E-state index contributed by atoms with van der Waals surface area (Å²) in [6, 6.07) is 5.27. The standard InChI is InChI=1S/C19H20ClN3O3S/c1-2-8-27-18-17(4-3-5-22-18)19(24)23-6-7-25-16(12-23)13-26-15-9-14(20)10-21-11-15/h2-5,9-11,16H,1,6-8,12-13H2. The summed E-state index contributed by atoms with van der Waals surface area (Å²) < 4.78 is 11.4. The molecule has 1 amide bonds. The molecule has 0 N–H and O–H groups in total. The van der Waals surface area contributed by atoms with Gasteiger partial charge in [0.1, 0.15) is 23.5 Å². The Balaban J connectivity index is 1.62. The molecule has 27 heavy (non-hydrogen) atoms. The van der Waals surface area contributed by atoms with E-state index in [1.54, 1.807) is 47.8 Å². The minimum absolute atomic E-state index is 0.0487. The number of carbonyl (C=O) groups excluding carboxylic acids is 1. The number of hydrogen-bond acceptors (Lipinski definition) is 6. The molecule has 1 saturated heterocycles. The van der Waals surface area contributed by atoms with Gasteiger partial charge in [0, 0.05) is 30.8 Å². The smallest absolute Gasteiger partial charge is 0.256 e. The first-order valence-electron chi connectivity index (χ1n) is 8.50. The molecule has 0 saturated carbocycles. The average Bonchev–Trinajstić information content (AvgIpc) is 2.71. The number of nitrogens with zero attached hydrogens (tertiary/aromatic N) is 3. The van der Waals surface area contributed by atoms with Gasteiger partial charge in [0.15, 0.2) is 0 Å². The summed E-state index contributed by atoms with van der Waals surface area (Å²) in [4.78, 5) is 23.1. The Morgan fingerprint density at radius 1 is 1.52 bits per heavy atom. The number of ether oxygens (including phenoxy) is 2. The Bertz CT molecular complexity index is 805. The minimum atomic E-state index is -0.220. The molecule has 1 aliphatic heterocycles. The number of pyridine rings is 2. The van der Waals surface area contributed by atoms with Crippen molar-refractivity contribution >= 4 is 29.3 Å². The van der Waals surface area contributed by atoms with E-state index in [4.69, 9.17) is 21.1 Å². The maximum Gasteiger partial charge on any atom is 0.256 e. The van der Waals surface area contributed by atoms with Crippen molar-refractivity contribution in [1.82, 2.24) is 14.9 Å². The first kappa shape index (κ1) is 19.7. The number of halogens is 1. The summed E-state index contributed by atoms with van der Waals surface area (Å²) >= 11 is 7.41. The van der Waals surface area contributed by atoms with Gasteiger partial charge in [0.25, 0.3) is 5.91 Å². The van der Waals surface area contributed by atoms with Crippen LogP contribution in [0.1, 0.15) is 10.4 Å². The molecular weight excluding hydrogens is 386 g/mol. The molecule has 2 aromatic rings. The Kier molecular flexibility index (Phi) is 7.09. The third kappa shape index (κ3) is 5.45. The first-order chi connectivity index (χ1) is 13.2. The molecule has 8 heteroatoms. The summed E-state index contributed by atoms with van der Waals surface area (Å²) in [5, 5.41) is 1.22. The highest BCUT2D eigenvalue weighted by Gasteiger charge is 2.27. The molecule has 0 bridgehead atoms. The molecule has 0 aromatic carbocycles. The van der Waals surface area contributed by atoms with E-state index >= 15 is 0 Å². The van der Waals surface area contributed by atoms with Crippen molar-refractivity contribution in [2.24, 2.45) is 0 Å². The van der Waals surface area contributed by atoms with Crippen molar-refractivity contribution in [3.8, 4) is 5.75 Å². The van der Waals surface area contributed by atoms with E-state index in [2.05, 4.69) is 16.5 Å². The third-order valence-corrected chi connectivity index (χ3v) is 5.09. The molecule has 1 unspecified atom stereocenters. The molecule has 6 nitrogen and oxygen atoms in total. The zero-order valence-electron chi connectivity index (χ0n) is 14.7. The molecule has 1 fully saturated rings. The van der Waals surface area contributed by atoms with E-state index in [-0.39, 0.29) is 12.0 Å². The van der Waals surface area contributed by atoms with Gasteiger partial charge >= 0.3 is 0 Å². The van der Waals surface area contributed by atoms with Gasteiger partial charge in [-0.05, 0) is 12.1 Å². The van der Waals surface area contributed by atoms with Gasteiger partial charge in [0.05, 0.1) is 29.9 Å². The topological polar surface area (TPSA) is 64.6 Å². The van der Waals surface area contributed by atoms with Crippen LogP contribution in [-0.2, 0) is 4.74 Å². The maximum atomic E-state index is 13.0. The third-order valence-electron chi connectivity index (χ3n) is 3.88. The zero-order chi connectivity index (χ0) is 19.1. The zero-order valence-corrected chi connectivity index (χ0v) is 16.3. The lowest BCUT2D eigenvalue weighted by molar-refractivity contribution is -0.0402. The van der Waals surface area contributed by atoms with Crippen LogP contribution in [0.3, 0.4) is 0 Å². The Morgan fingerprint density at radius 3 is 3.22 bits per heavy atom. The lowest BCUT2D eigenvalue weighted by atomic mass is 10.2. The van der Waals surface area contributed by atoms with Crippen molar-refractivity contribution in [3.05, 3.63) is 60.0 Å². The average molecular weight is 406 g/mol. The lowest BCUT2D eigenvalue weighted by Gasteiger charge is -2.33. The number of morpholine rings is 1.